The van der Waals surface area contributed by atoms with Gasteiger partial charge in [-0.05, 0) is 58.7 Å². The Kier molecular flexibility index (Phi) is 7.71. The summed E-state index contributed by atoms with van der Waals surface area (Å²) in [6.45, 7) is 0. The van der Waals surface area contributed by atoms with Gasteiger partial charge in [-0.3, -0.25) is 9.97 Å². The average Bonchev–Trinajstić information content (AvgIpc) is 3.63. The molecule has 0 aliphatic rings. The molecule has 4 heterocycles. The molecule has 0 aliphatic carbocycles. The molecule has 0 fully saturated rings. The Labute approximate surface area is 328 Å². The minimum atomic E-state index is 0.614. The Morgan fingerprint density at radius 3 is 1.63 bits per heavy atom. The molecule has 11 aromatic rings. The highest BCUT2D eigenvalue weighted by molar-refractivity contribution is 6.10. The third-order valence-corrected chi connectivity index (χ3v) is 10.8. The van der Waals surface area contributed by atoms with Crippen LogP contribution in [0.2, 0.25) is 0 Å². The molecule has 57 heavy (non-hydrogen) atoms. The predicted molar refractivity (Wildman–Crippen MR) is 232 cm³/mol. The zero-order chi connectivity index (χ0) is 37.7. The summed E-state index contributed by atoms with van der Waals surface area (Å²) in [4.78, 5) is 24.4. The minimum Gasteiger partial charge on any atom is -0.309 e. The molecule has 4 aromatic heterocycles. The first-order valence-electron chi connectivity index (χ1n) is 19.0. The van der Waals surface area contributed by atoms with Crippen LogP contribution in [-0.4, -0.2) is 29.5 Å². The van der Waals surface area contributed by atoms with E-state index in [2.05, 4.69) is 155 Å². The molecule has 0 unspecified atom stereocenters. The maximum atomic E-state index is 5.05. The van der Waals surface area contributed by atoms with Gasteiger partial charge in [0.15, 0.2) is 17.5 Å². The van der Waals surface area contributed by atoms with Crippen LogP contribution in [0.25, 0.3) is 106 Å². The van der Waals surface area contributed by atoms with E-state index in [1.807, 2.05) is 48.8 Å². The van der Waals surface area contributed by atoms with Crippen molar-refractivity contribution in [2.75, 3.05) is 0 Å². The molecule has 6 nitrogen and oxygen atoms in total. The Balaban J connectivity index is 0.968. The van der Waals surface area contributed by atoms with Crippen molar-refractivity contribution in [1.29, 1.82) is 0 Å². The lowest BCUT2D eigenvalue weighted by atomic mass is 9.99. The summed E-state index contributed by atoms with van der Waals surface area (Å²) in [6, 6.07) is 63.3. The molecule has 0 N–H and O–H groups in total. The topological polar surface area (TPSA) is 69.4 Å². The molecule has 0 aliphatic heterocycles. The van der Waals surface area contributed by atoms with E-state index >= 15 is 0 Å². The zero-order valence-corrected chi connectivity index (χ0v) is 30.7. The summed E-state index contributed by atoms with van der Waals surface area (Å²) < 4.78 is 2.35. The molecule has 0 amide bonds. The number of benzene rings is 7. The van der Waals surface area contributed by atoms with Crippen LogP contribution in [-0.2, 0) is 0 Å². The molecule has 7 aromatic carbocycles. The number of hydrogen-bond donors (Lipinski definition) is 0. The Hall–Kier alpha value is -7.83. The summed E-state index contributed by atoms with van der Waals surface area (Å²) in [5.74, 6) is 1.86. The summed E-state index contributed by atoms with van der Waals surface area (Å²) in [5.41, 5.74) is 12.5. The van der Waals surface area contributed by atoms with E-state index in [0.717, 1.165) is 66.4 Å². The van der Waals surface area contributed by atoms with Gasteiger partial charge < -0.3 is 4.57 Å². The fourth-order valence-corrected chi connectivity index (χ4v) is 7.97. The molecule has 6 heteroatoms. The minimum absolute atomic E-state index is 0.614. The van der Waals surface area contributed by atoms with Crippen molar-refractivity contribution in [2.24, 2.45) is 0 Å². The lowest BCUT2D eigenvalue weighted by Gasteiger charge is -2.11. The maximum absolute atomic E-state index is 5.05. The van der Waals surface area contributed by atoms with Gasteiger partial charge in [0, 0.05) is 56.3 Å². The van der Waals surface area contributed by atoms with Gasteiger partial charge in [-0.25, -0.2) is 15.0 Å². The second kappa shape index (κ2) is 13.5. The van der Waals surface area contributed by atoms with Crippen LogP contribution >= 0.6 is 0 Å². The highest BCUT2D eigenvalue weighted by Gasteiger charge is 2.16. The molecule has 11 rings (SSSR count). The van der Waals surface area contributed by atoms with Crippen molar-refractivity contribution >= 4 is 43.6 Å². The van der Waals surface area contributed by atoms with Gasteiger partial charge in [-0.15, -0.1) is 0 Å². The lowest BCUT2D eigenvalue weighted by Crippen LogP contribution is -2.00. The Bertz CT molecular complexity index is 3270. The van der Waals surface area contributed by atoms with E-state index in [0.29, 0.717) is 17.5 Å². The molecule has 0 spiro atoms. The van der Waals surface area contributed by atoms with Gasteiger partial charge in [0.2, 0.25) is 0 Å². The van der Waals surface area contributed by atoms with Crippen LogP contribution in [0.3, 0.4) is 0 Å². The first-order chi connectivity index (χ1) is 28.2. The molecule has 0 saturated heterocycles. The fraction of sp³-hybridized carbons (Fsp3) is 0. The number of aromatic nitrogens is 6. The standard InChI is InChI=1S/C51H32N6/c1-3-10-36(11-4-1)49-54-50(56-51(55-49)38-23-19-34(20-24-38)41-29-31-53-48-44(41)28-25-35-12-9-30-52-47(35)48)37-21-17-33(18-22-37)39-26-27-43-42-15-7-8-16-45(42)57(46(43)32-39)40-13-5-2-6-14-40/h1-32H. The second-order valence-corrected chi connectivity index (χ2v) is 14.1. The molecule has 0 saturated carbocycles. The van der Waals surface area contributed by atoms with Crippen molar-refractivity contribution in [3.05, 3.63) is 194 Å². The highest BCUT2D eigenvalue weighted by atomic mass is 15.0. The lowest BCUT2D eigenvalue weighted by molar-refractivity contribution is 1.07. The van der Waals surface area contributed by atoms with E-state index < -0.39 is 0 Å². The number of para-hydroxylation sites is 2. The van der Waals surface area contributed by atoms with Crippen molar-refractivity contribution in [2.45, 2.75) is 0 Å². The average molecular weight is 729 g/mol. The molecular formula is C51H32N6. The number of nitrogens with zero attached hydrogens (tertiary/aromatic N) is 6. The third-order valence-electron chi connectivity index (χ3n) is 10.8. The van der Waals surface area contributed by atoms with Crippen LogP contribution in [0.1, 0.15) is 0 Å². The van der Waals surface area contributed by atoms with Crippen molar-refractivity contribution < 1.29 is 0 Å². The van der Waals surface area contributed by atoms with E-state index in [9.17, 15) is 0 Å². The molecular weight excluding hydrogens is 697 g/mol. The smallest absolute Gasteiger partial charge is 0.164 e. The van der Waals surface area contributed by atoms with Crippen LogP contribution < -0.4 is 0 Å². The van der Waals surface area contributed by atoms with Crippen LogP contribution in [0.15, 0.2) is 194 Å². The van der Waals surface area contributed by atoms with Gasteiger partial charge >= 0.3 is 0 Å². The van der Waals surface area contributed by atoms with E-state index in [1.165, 1.54) is 21.8 Å². The van der Waals surface area contributed by atoms with Crippen molar-refractivity contribution in [3.8, 4) is 62.1 Å². The number of fused-ring (bicyclic) bond motifs is 6. The molecule has 0 radical (unpaired) electrons. The van der Waals surface area contributed by atoms with Crippen molar-refractivity contribution in [3.63, 3.8) is 0 Å². The Morgan fingerprint density at radius 2 is 0.895 bits per heavy atom. The molecule has 0 bridgehead atoms. The predicted octanol–water partition coefficient (Wildman–Crippen LogP) is 12.4. The van der Waals surface area contributed by atoms with Gasteiger partial charge in [0.25, 0.3) is 0 Å². The van der Waals surface area contributed by atoms with E-state index in [-0.39, 0.29) is 0 Å². The summed E-state index contributed by atoms with van der Waals surface area (Å²) >= 11 is 0. The van der Waals surface area contributed by atoms with Gasteiger partial charge in [-0.1, -0.05) is 146 Å². The van der Waals surface area contributed by atoms with Crippen LogP contribution in [0.4, 0.5) is 0 Å². The fourth-order valence-electron chi connectivity index (χ4n) is 7.97. The first-order valence-corrected chi connectivity index (χ1v) is 19.0. The third kappa shape index (κ3) is 5.70. The number of rotatable bonds is 6. The Morgan fingerprint density at radius 1 is 0.333 bits per heavy atom. The van der Waals surface area contributed by atoms with Crippen LogP contribution in [0.5, 0.6) is 0 Å². The molecule has 0 atom stereocenters. The zero-order valence-electron chi connectivity index (χ0n) is 30.7. The van der Waals surface area contributed by atoms with E-state index in [4.69, 9.17) is 19.9 Å². The summed E-state index contributed by atoms with van der Waals surface area (Å²) in [5, 5.41) is 4.61. The van der Waals surface area contributed by atoms with Gasteiger partial charge in [-0.2, -0.15) is 0 Å². The normalized spacial score (nSPS) is 11.5. The van der Waals surface area contributed by atoms with Crippen LogP contribution in [0, 0.1) is 0 Å². The maximum Gasteiger partial charge on any atom is 0.164 e. The quantitative estimate of drug-likeness (QED) is 0.159. The van der Waals surface area contributed by atoms with E-state index in [1.54, 1.807) is 0 Å². The first kappa shape index (κ1) is 32.6. The summed E-state index contributed by atoms with van der Waals surface area (Å²) in [7, 11) is 0. The van der Waals surface area contributed by atoms with Gasteiger partial charge in [0.05, 0.1) is 22.1 Å². The monoisotopic (exact) mass is 728 g/mol. The largest absolute Gasteiger partial charge is 0.309 e. The highest BCUT2D eigenvalue weighted by Crippen LogP contribution is 2.36. The van der Waals surface area contributed by atoms with Gasteiger partial charge in [0.1, 0.15) is 0 Å². The second-order valence-electron chi connectivity index (χ2n) is 14.1. The SMILES string of the molecule is c1ccc(-c2nc(-c3ccc(-c4ccc5c6ccccc6n(-c6ccccc6)c5c4)cc3)nc(-c3ccc(-c4ccnc5c4ccc4cccnc45)cc3)n2)cc1. The number of pyridine rings is 2. The molecule has 266 valence electrons. The number of hydrogen-bond acceptors (Lipinski definition) is 5. The van der Waals surface area contributed by atoms with Crippen molar-refractivity contribution in [1.82, 2.24) is 29.5 Å². The summed E-state index contributed by atoms with van der Waals surface area (Å²) in [6.07, 6.45) is 3.68.